The SMILES string of the molecule is Cc1ccc(C)c(NC(=O)C(Sc2nnc(-c3ccccc3F)n2CCc2ccccc2)c2ccccc2)c1. The molecule has 1 heterocycles. The number of halogens is 1. The number of nitrogens with zero attached hydrogens (tertiary/aromatic N) is 3. The number of thioether (sulfide) groups is 1. The fourth-order valence-corrected chi connectivity index (χ4v) is 5.44. The van der Waals surface area contributed by atoms with Crippen molar-refractivity contribution in [1.29, 1.82) is 0 Å². The molecular formula is C32H29FN4OS. The third-order valence-electron chi connectivity index (χ3n) is 6.51. The molecule has 1 amide bonds. The van der Waals surface area contributed by atoms with Crippen molar-refractivity contribution in [1.82, 2.24) is 14.8 Å². The molecule has 0 aliphatic rings. The van der Waals surface area contributed by atoms with Crippen LogP contribution in [0.15, 0.2) is 108 Å². The summed E-state index contributed by atoms with van der Waals surface area (Å²) in [6.07, 6.45) is 0.707. The van der Waals surface area contributed by atoms with Gasteiger partial charge in [0.1, 0.15) is 11.1 Å². The summed E-state index contributed by atoms with van der Waals surface area (Å²) in [5.41, 5.74) is 5.19. The Morgan fingerprint density at radius 1 is 0.897 bits per heavy atom. The minimum atomic E-state index is -0.598. The number of benzene rings is 4. The summed E-state index contributed by atoms with van der Waals surface area (Å²) in [6, 6.07) is 32.3. The first kappa shape index (κ1) is 26.4. The lowest BCUT2D eigenvalue weighted by Crippen LogP contribution is -2.20. The van der Waals surface area contributed by atoms with Crippen molar-refractivity contribution >= 4 is 23.4 Å². The van der Waals surface area contributed by atoms with Gasteiger partial charge in [-0.25, -0.2) is 4.39 Å². The monoisotopic (exact) mass is 536 g/mol. The molecule has 0 fully saturated rings. The first-order valence-electron chi connectivity index (χ1n) is 12.8. The van der Waals surface area contributed by atoms with Gasteiger partial charge in [0.05, 0.1) is 5.56 Å². The van der Waals surface area contributed by atoms with E-state index in [1.54, 1.807) is 18.2 Å². The van der Waals surface area contributed by atoms with Gasteiger partial charge in [-0.05, 0) is 60.7 Å². The molecule has 0 aliphatic heterocycles. The Morgan fingerprint density at radius 3 is 2.33 bits per heavy atom. The number of aryl methyl sites for hydroxylation is 3. The van der Waals surface area contributed by atoms with Gasteiger partial charge in [0.25, 0.3) is 0 Å². The Bertz CT molecular complexity index is 1570. The van der Waals surface area contributed by atoms with Crippen molar-refractivity contribution in [3.05, 3.63) is 131 Å². The molecule has 39 heavy (non-hydrogen) atoms. The summed E-state index contributed by atoms with van der Waals surface area (Å²) in [5, 5.41) is 11.9. The van der Waals surface area contributed by atoms with Crippen molar-refractivity contribution in [3.8, 4) is 11.4 Å². The van der Waals surface area contributed by atoms with Crippen LogP contribution in [0.1, 0.15) is 27.5 Å². The lowest BCUT2D eigenvalue weighted by Gasteiger charge is -2.19. The Hall–Kier alpha value is -4.23. The third kappa shape index (κ3) is 6.26. The average molecular weight is 537 g/mol. The van der Waals surface area contributed by atoms with E-state index in [1.807, 2.05) is 85.1 Å². The highest BCUT2D eigenvalue weighted by Gasteiger charge is 2.27. The van der Waals surface area contributed by atoms with Gasteiger partial charge in [0.15, 0.2) is 11.0 Å². The van der Waals surface area contributed by atoms with Crippen LogP contribution >= 0.6 is 11.8 Å². The quantitative estimate of drug-likeness (QED) is 0.199. The zero-order chi connectivity index (χ0) is 27.2. The zero-order valence-corrected chi connectivity index (χ0v) is 22.7. The highest BCUT2D eigenvalue weighted by Crippen LogP contribution is 2.37. The minimum absolute atomic E-state index is 0.162. The van der Waals surface area contributed by atoms with Crippen molar-refractivity contribution in [2.45, 2.75) is 37.2 Å². The fourth-order valence-electron chi connectivity index (χ4n) is 4.38. The highest BCUT2D eigenvalue weighted by molar-refractivity contribution is 8.00. The van der Waals surface area contributed by atoms with Crippen molar-refractivity contribution in [2.24, 2.45) is 0 Å². The number of hydrogen-bond donors (Lipinski definition) is 1. The smallest absolute Gasteiger partial charge is 0.242 e. The average Bonchev–Trinajstić information content (AvgIpc) is 3.35. The summed E-state index contributed by atoms with van der Waals surface area (Å²) in [7, 11) is 0. The summed E-state index contributed by atoms with van der Waals surface area (Å²) in [5.74, 6) is -0.0899. The van der Waals surface area contributed by atoms with E-state index in [0.29, 0.717) is 29.5 Å². The van der Waals surface area contributed by atoms with Crippen molar-refractivity contribution in [3.63, 3.8) is 0 Å². The second-order valence-corrected chi connectivity index (χ2v) is 10.5. The molecule has 0 aliphatic carbocycles. The number of amides is 1. The van der Waals surface area contributed by atoms with E-state index in [9.17, 15) is 9.18 Å². The molecule has 5 nitrogen and oxygen atoms in total. The van der Waals surface area contributed by atoms with Crippen LogP contribution in [0.25, 0.3) is 11.4 Å². The standard InChI is InChI=1S/C32H29FN4OS/c1-22-17-18-23(2)28(21-22)34-31(38)29(25-13-7-4-8-14-25)39-32-36-35-30(26-15-9-10-16-27(26)33)37(32)20-19-24-11-5-3-6-12-24/h3-18,21,29H,19-20H2,1-2H3,(H,34,38). The number of anilines is 1. The molecule has 0 saturated carbocycles. The number of nitrogens with one attached hydrogen (secondary N) is 1. The molecule has 0 spiro atoms. The third-order valence-corrected chi connectivity index (χ3v) is 7.75. The Morgan fingerprint density at radius 2 is 1.59 bits per heavy atom. The first-order chi connectivity index (χ1) is 19.0. The topological polar surface area (TPSA) is 59.8 Å². The van der Waals surface area contributed by atoms with Crippen molar-refractivity contribution in [2.75, 3.05) is 5.32 Å². The maximum Gasteiger partial charge on any atom is 0.242 e. The number of carbonyl (C=O) groups excluding carboxylic acids is 1. The van der Waals surface area contributed by atoms with E-state index >= 15 is 0 Å². The molecule has 4 aromatic carbocycles. The second-order valence-electron chi connectivity index (χ2n) is 9.39. The lowest BCUT2D eigenvalue weighted by molar-refractivity contribution is -0.115. The van der Waals surface area contributed by atoms with E-state index in [4.69, 9.17) is 0 Å². The molecule has 0 radical (unpaired) electrons. The lowest BCUT2D eigenvalue weighted by atomic mass is 10.1. The van der Waals surface area contributed by atoms with Gasteiger partial charge in [-0.3, -0.25) is 4.79 Å². The summed E-state index contributed by atoms with van der Waals surface area (Å²) in [6.45, 7) is 4.50. The Labute approximate surface area is 232 Å². The number of carbonyl (C=O) groups is 1. The van der Waals surface area contributed by atoms with Crippen LogP contribution in [-0.4, -0.2) is 20.7 Å². The Balaban J connectivity index is 1.51. The normalized spacial score (nSPS) is 11.8. The van der Waals surface area contributed by atoms with Crippen LogP contribution in [0.3, 0.4) is 0 Å². The molecule has 5 rings (SSSR count). The van der Waals surface area contributed by atoms with Crippen LogP contribution in [0, 0.1) is 19.7 Å². The van der Waals surface area contributed by atoms with Gasteiger partial charge < -0.3 is 9.88 Å². The van der Waals surface area contributed by atoms with Gasteiger partial charge in [-0.2, -0.15) is 0 Å². The maximum absolute atomic E-state index is 14.8. The van der Waals surface area contributed by atoms with Crippen molar-refractivity contribution < 1.29 is 9.18 Å². The number of hydrogen-bond acceptors (Lipinski definition) is 4. The molecule has 196 valence electrons. The number of rotatable bonds is 9. The first-order valence-corrected chi connectivity index (χ1v) is 13.7. The van der Waals surface area contributed by atoms with E-state index < -0.39 is 5.25 Å². The van der Waals surface area contributed by atoms with E-state index in [1.165, 1.54) is 17.8 Å². The highest BCUT2D eigenvalue weighted by atomic mass is 32.2. The molecular weight excluding hydrogens is 507 g/mol. The predicted octanol–water partition coefficient (Wildman–Crippen LogP) is 7.42. The van der Waals surface area contributed by atoms with Crippen LogP contribution in [-0.2, 0) is 17.8 Å². The zero-order valence-electron chi connectivity index (χ0n) is 21.8. The number of aromatic nitrogens is 3. The molecule has 7 heteroatoms. The van der Waals surface area contributed by atoms with E-state index in [2.05, 4.69) is 27.6 Å². The van der Waals surface area contributed by atoms with Crippen LogP contribution < -0.4 is 5.32 Å². The minimum Gasteiger partial charge on any atom is -0.325 e. The van der Waals surface area contributed by atoms with E-state index in [-0.39, 0.29) is 11.7 Å². The second kappa shape index (κ2) is 12.1. The molecule has 0 bridgehead atoms. The maximum atomic E-state index is 14.8. The largest absolute Gasteiger partial charge is 0.325 e. The molecule has 1 atom stereocenters. The van der Waals surface area contributed by atoms with Crippen LogP contribution in [0.2, 0.25) is 0 Å². The van der Waals surface area contributed by atoms with Gasteiger partial charge in [-0.15, -0.1) is 10.2 Å². The fraction of sp³-hybridized carbons (Fsp3) is 0.156. The van der Waals surface area contributed by atoms with Gasteiger partial charge in [-0.1, -0.05) is 96.7 Å². The molecule has 1 N–H and O–H groups in total. The van der Waals surface area contributed by atoms with Crippen LogP contribution in [0.5, 0.6) is 0 Å². The molecule has 5 aromatic rings. The summed E-state index contributed by atoms with van der Waals surface area (Å²) < 4.78 is 16.8. The Kier molecular flexibility index (Phi) is 8.18. The van der Waals surface area contributed by atoms with Gasteiger partial charge in [0, 0.05) is 12.2 Å². The summed E-state index contributed by atoms with van der Waals surface area (Å²) >= 11 is 1.32. The van der Waals surface area contributed by atoms with Gasteiger partial charge in [0.2, 0.25) is 5.91 Å². The van der Waals surface area contributed by atoms with Crippen LogP contribution in [0.4, 0.5) is 10.1 Å². The molecule has 0 saturated heterocycles. The molecule has 1 aromatic heterocycles. The van der Waals surface area contributed by atoms with Gasteiger partial charge >= 0.3 is 0 Å². The molecule has 1 unspecified atom stereocenters. The summed E-state index contributed by atoms with van der Waals surface area (Å²) in [4.78, 5) is 13.8. The predicted molar refractivity (Wildman–Crippen MR) is 155 cm³/mol. The van der Waals surface area contributed by atoms with E-state index in [0.717, 1.165) is 27.9 Å².